The number of hydrogen-bond donors (Lipinski definition) is 1. The van der Waals surface area contributed by atoms with Gasteiger partial charge in [0.15, 0.2) is 5.69 Å². The van der Waals surface area contributed by atoms with E-state index in [1.54, 1.807) is 12.4 Å². The van der Waals surface area contributed by atoms with Crippen molar-refractivity contribution in [2.45, 2.75) is 25.5 Å². The number of piperazine rings is 1. The predicted octanol–water partition coefficient (Wildman–Crippen LogP) is 0.696. The molecule has 1 atom stereocenters. The molecule has 2 aliphatic rings. The van der Waals surface area contributed by atoms with Crippen LogP contribution in [0.3, 0.4) is 0 Å². The van der Waals surface area contributed by atoms with E-state index in [0.29, 0.717) is 24.7 Å². The molecule has 1 amide bonds. The van der Waals surface area contributed by atoms with Gasteiger partial charge in [0.2, 0.25) is 11.8 Å². The first-order valence-electron chi connectivity index (χ1n) is 9.36. The number of carbonyl (C=O) groups is 1. The quantitative estimate of drug-likeness (QED) is 0.791. The van der Waals surface area contributed by atoms with Crippen molar-refractivity contribution in [2.24, 2.45) is 0 Å². The van der Waals surface area contributed by atoms with E-state index in [2.05, 4.69) is 30.1 Å². The Bertz CT molecular complexity index is 739. The van der Waals surface area contributed by atoms with Crippen LogP contribution < -0.4 is 10.2 Å². The van der Waals surface area contributed by atoms with Gasteiger partial charge < -0.3 is 19.4 Å². The van der Waals surface area contributed by atoms with E-state index < -0.39 is 0 Å². The molecule has 0 spiro atoms. The van der Waals surface area contributed by atoms with Gasteiger partial charge in [0.25, 0.3) is 5.91 Å². The molecule has 2 aromatic heterocycles. The number of rotatable bonds is 6. The summed E-state index contributed by atoms with van der Waals surface area (Å²) in [5, 5.41) is 2.86. The molecule has 4 rings (SSSR count). The van der Waals surface area contributed by atoms with Crippen molar-refractivity contribution >= 4 is 11.9 Å². The summed E-state index contributed by atoms with van der Waals surface area (Å²) in [5.74, 6) is 1.10. The second kappa shape index (κ2) is 8.45. The molecule has 0 aromatic carbocycles. The van der Waals surface area contributed by atoms with Crippen LogP contribution in [0.15, 0.2) is 29.1 Å². The second-order valence-electron chi connectivity index (χ2n) is 6.78. The van der Waals surface area contributed by atoms with Gasteiger partial charge >= 0.3 is 0 Å². The lowest BCUT2D eigenvalue weighted by atomic mass is 10.2. The lowest BCUT2D eigenvalue weighted by Crippen LogP contribution is -2.46. The van der Waals surface area contributed by atoms with Crippen molar-refractivity contribution in [1.29, 1.82) is 0 Å². The number of hydrogen-bond acceptors (Lipinski definition) is 8. The highest BCUT2D eigenvalue weighted by atomic mass is 16.5. The van der Waals surface area contributed by atoms with Crippen LogP contribution in [0.5, 0.6) is 0 Å². The van der Waals surface area contributed by atoms with Gasteiger partial charge in [0.05, 0.1) is 12.6 Å². The Morgan fingerprint density at radius 3 is 2.78 bits per heavy atom. The van der Waals surface area contributed by atoms with Crippen molar-refractivity contribution < 1.29 is 13.9 Å². The molecule has 2 aliphatic heterocycles. The maximum absolute atomic E-state index is 12.2. The molecule has 2 saturated heterocycles. The molecular formula is C18H24N6O3. The molecule has 2 aromatic rings. The van der Waals surface area contributed by atoms with Crippen molar-refractivity contribution in [1.82, 2.24) is 25.2 Å². The first-order chi connectivity index (χ1) is 13.3. The van der Waals surface area contributed by atoms with Gasteiger partial charge in [-0.1, -0.05) is 0 Å². The Labute approximate surface area is 157 Å². The highest BCUT2D eigenvalue weighted by Gasteiger charge is 2.22. The fourth-order valence-corrected chi connectivity index (χ4v) is 3.34. The summed E-state index contributed by atoms with van der Waals surface area (Å²) < 4.78 is 11.0. The number of nitrogens with one attached hydrogen (secondary N) is 1. The Hall–Kier alpha value is -2.52. The SMILES string of the molecule is O=C(NC[C@@H]1CCCO1)c1coc(CN2CCN(c3ncccn3)CC2)n1. The molecule has 4 heterocycles. The van der Waals surface area contributed by atoms with E-state index in [9.17, 15) is 4.79 Å². The van der Waals surface area contributed by atoms with Gasteiger partial charge in [0, 0.05) is 51.7 Å². The third-order valence-corrected chi connectivity index (χ3v) is 4.86. The minimum absolute atomic E-state index is 0.116. The topological polar surface area (TPSA) is 96.6 Å². The Balaban J connectivity index is 1.24. The molecular weight excluding hydrogens is 348 g/mol. The normalized spacial score (nSPS) is 20.7. The Kier molecular flexibility index (Phi) is 5.59. The molecule has 144 valence electrons. The highest BCUT2D eigenvalue weighted by molar-refractivity contribution is 5.91. The maximum atomic E-state index is 12.2. The largest absolute Gasteiger partial charge is 0.447 e. The van der Waals surface area contributed by atoms with E-state index in [0.717, 1.165) is 51.6 Å². The first kappa shape index (κ1) is 17.9. The Morgan fingerprint density at radius 2 is 2.04 bits per heavy atom. The highest BCUT2D eigenvalue weighted by Crippen LogP contribution is 2.13. The number of amides is 1. The van der Waals surface area contributed by atoms with Crippen molar-refractivity contribution in [3.63, 3.8) is 0 Å². The fraction of sp³-hybridized carbons (Fsp3) is 0.556. The van der Waals surface area contributed by atoms with Gasteiger partial charge in [0.1, 0.15) is 6.26 Å². The van der Waals surface area contributed by atoms with Crippen LogP contribution in [-0.4, -0.2) is 71.2 Å². The average Bonchev–Trinajstić information content (AvgIpc) is 3.40. The third-order valence-electron chi connectivity index (χ3n) is 4.86. The summed E-state index contributed by atoms with van der Waals surface area (Å²) in [7, 11) is 0. The van der Waals surface area contributed by atoms with Gasteiger partial charge in [-0.15, -0.1) is 0 Å². The zero-order valence-corrected chi connectivity index (χ0v) is 15.2. The standard InChI is InChI=1S/C18H24N6O3/c25-17(21-11-14-3-1-10-26-14)15-13-27-16(22-15)12-23-6-8-24(9-7-23)18-19-4-2-5-20-18/h2,4-5,13-14H,1,3,6-12H2,(H,21,25)/t14-/m0/s1. The van der Waals surface area contributed by atoms with Crippen LogP contribution in [0.2, 0.25) is 0 Å². The number of carbonyl (C=O) groups excluding carboxylic acids is 1. The fourth-order valence-electron chi connectivity index (χ4n) is 3.34. The maximum Gasteiger partial charge on any atom is 0.273 e. The van der Waals surface area contributed by atoms with E-state index in [-0.39, 0.29) is 12.0 Å². The summed E-state index contributed by atoms with van der Waals surface area (Å²) >= 11 is 0. The number of oxazole rings is 1. The molecule has 0 saturated carbocycles. The second-order valence-corrected chi connectivity index (χ2v) is 6.78. The van der Waals surface area contributed by atoms with Crippen LogP contribution in [0.1, 0.15) is 29.2 Å². The van der Waals surface area contributed by atoms with Crippen molar-refractivity contribution in [2.75, 3.05) is 44.2 Å². The molecule has 1 N–H and O–H groups in total. The number of ether oxygens (including phenoxy) is 1. The molecule has 0 radical (unpaired) electrons. The summed E-state index contributed by atoms with van der Waals surface area (Å²) in [6, 6.07) is 1.82. The molecule has 9 heteroatoms. The monoisotopic (exact) mass is 372 g/mol. The molecule has 0 unspecified atom stereocenters. The van der Waals surface area contributed by atoms with Crippen LogP contribution in [0.4, 0.5) is 5.95 Å². The number of nitrogens with zero attached hydrogens (tertiary/aromatic N) is 5. The van der Waals surface area contributed by atoms with Gasteiger partial charge in [-0.25, -0.2) is 15.0 Å². The lowest BCUT2D eigenvalue weighted by molar-refractivity contribution is 0.0853. The van der Waals surface area contributed by atoms with Gasteiger partial charge in [-0.2, -0.15) is 0 Å². The van der Waals surface area contributed by atoms with Crippen LogP contribution in [-0.2, 0) is 11.3 Å². The lowest BCUT2D eigenvalue weighted by Gasteiger charge is -2.33. The van der Waals surface area contributed by atoms with E-state index >= 15 is 0 Å². The third kappa shape index (κ3) is 4.61. The van der Waals surface area contributed by atoms with Crippen molar-refractivity contribution in [3.05, 3.63) is 36.3 Å². The zero-order chi connectivity index (χ0) is 18.5. The minimum Gasteiger partial charge on any atom is -0.447 e. The summed E-state index contributed by atoms with van der Waals surface area (Å²) in [6.45, 7) is 5.30. The predicted molar refractivity (Wildman–Crippen MR) is 97.3 cm³/mol. The smallest absolute Gasteiger partial charge is 0.273 e. The number of aromatic nitrogens is 3. The van der Waals surface area contributed by atoms with Gasteiger partial charge in [-0.3, -0.25) is 9.69 Å². The number of anilines is 1. The first-order valence-corrected chi connectivity index (χ1v) is 9.36. The van der Waals surface area contributed by atoms with E-state index in [1.807, 2.05) is 6.07 Å². The van der Waals surface area contributed by atoms with Crippen LogP contribution >= 0.6 is 0 Å². The summed E-state index contributed by atoms with van der Waals surface area (Å²) in [6.07, 6.45) is 7.10. The molecule has 0 bridgehead atoms. The zero-order valence-electron chi connectivity index (χ0n) is 15.2. The van der Waals surface area contributed by atoms with Crippen LogP contribution in [0, 0.1) is 0 Å². The average molecular weight is 372 g/mol. The molecule has 2 fully saturated rings. The van der Waals surface area contributed by atoms with E-state index in [1.165, 1.54) is 6.26 Å². The minimum atomic E-state index is -0.216. The van der Waals surface area contributed by atoms with Crippen LogP contribution in [0.25, 0.3) is 0 Å². The molecule has 0 aliphatic carbocycles. The molecule has 9 nitrogen and oxygen atoms in total. The molecule has 27 heavy (non-hydrogen) atoms. The summed E-state index contributed by atoms with van der Waals surface area (Å²) in [5.41, 5.74) is 0.319. The van der Waals surface area contributed by atoms with Gasteiger partial charge in [-0.05, 0) is 18.9 Å². The van der Waals surface area contributed by atoms with E-state index in [4.69, 9.17) is 9.15 Å². The van der Waals surface area contributed by atoms with Crippen molar-refractivity contribution in [3.8, 4) is 0 Å². The summed E-state index contributed by atoms with van der Waals surface area (Å²) in [4.78, 5) is 29.5. The Morgan fingerprint density at radius 1 is 1.22 bits per heavy atom.